The molecule has 122 valence electrons. The van der Waals surface area contributed by atoms with E-state index in [0.29, 0.717) is 11.4 Å². The van der Waals surface area contributed by atoms with E-state index in [4.69, 9.17) is 0 Å². The van der Waals surface area contributed by atoms with Crippen LogP contribution >= 0.6 is 0 Å². The van der Waals surface area contributed by atoms with Crippen molar-refractivity contribution in [3.8, 4) is 0 Å². The zero-order valence-electron chi connectivity index (χ0n) is 13.7. The van der Waals surface area contributed by atoms with Crippen molar-refractivity contribution in [2.45, 2.75) is 13.8 Å². The second-order valence-electron chi connectivity index (χ2n) is 5.77. The second kappa shape index (κ2) is 5.81. The van der Waals surface area contributed by atoms with E-state index in [1.54, 1.807) is 22.8 Å². The third-order valence-electron chi connectivity index (χ3n) is 4.13. The van der Waals surface area contributed by atoms with Gasteiger partial charge in [0.1, 0.15) is 5.57 Å². The van der Waals surface area contributed by atoms with E-state index in [1.165, 1.54) is 6.08 Å². The molecule has 0 aliphatic carbocycles. The molecular formula is C18H17N3O3. The Morgan fingerprint density at radius 2 is 1.79 bits per heavy atom. The SMILES string of the molecule is Cc1ccc(N2C(=O)NC(=O)/C(=C\c3cccn3C)C2=O)cc1C. The van der Waals surface area contributed by atoms with Gasteiger partial charge in [0, 0.05) is 18.9 Å². The molecule has 4 amide bonds. The molecule has 0 atom stereocenters. The summed E-state index contributed by atoms with van der Waals surface area (Å²) in [7, 11) is 1.81. The number of amides is 4. The molecule has 1 saturated heterocycles. The molecule has 1 aliphatic heterocycles. The van der Waals surface area contributed by atoms with Crippen LogP contribution < -0.4 is 10.2 Å². The molecular weight excluding hydrogens is 306 g/mol. The fourth-order valence-corrected chi connectivity index (χ4v) is 2.53. The Labute approximate surface area is 139 Å². The Morgan fingerprint density at radius 3 is 2.42 bits per heavy atom. The molecule has 6 heteroatoms. The minimum absolute atomic E-state index is 0.0744. The van der Waals surface area contributed by atoms with Crippen molar-refractivity contribution in [3.05, 3.63) is 58.9 Å². The number of carbonyl (C=O) groups excluding carboxylic acids is 3. The van der Waals surface area contributed by atoms with Crippen molar-refractivity contribution in [1.82, 2.24) is 9.88 Å². The first-order valence-electron chi connectivity index (χ1n) is 7.48. The van der Waals surface area contributed by atoms with E-state index in [0.717, 1.165) is 16.0 Å². The number of aryl methyl sites for hydroxylation is 3. The standard InChI is InChI=1S/C18H17N3O3/c1-11-6-7-14(9-12(11)2)21-17(23)15(16(22)19-18(21)24)10-13-5-4-8-20(13)3/h4-10H,1-3H3,(H,19,22,24)/b15-10+. The molecule has 0 unspecified atom stereocenters. The van der Waals surface area contributed by atoms with E-state index in [9.17, 15) is 14.4 Å². The van der Waals surface area contributed by atoms with Crippen LogP contribution in [0.5, 0.6) is 0 Å². The molecule has 24 heavy (non-hydrogen) atoms. The molecule has 2 aromatic rings. The number of nitrogens with one attached hydrogen (secondary N) is 1. The zero-order valence-corrected chi connectivity index (χ0v) is 13.7. The van der Waals surface area contributed by atoms with Crippen molar-refractivity contribution in [2.24, 2.45) is 7.05 Å². The maximum atomic E-state index is 12.7. The second-order valence-corrected chi connectivity index (χ2v) is 5.77. The van der Waals surface area contributed by atoms with Crippen LogP contribution in [0.4, 0.5) is 10.5 Å². The first-order valence-corrected chi connectivity index (χ1v) is 7.48. The number of nitrogens with zero attached hydrogens (tertiary/aromatic N) is 2. The van der Waals surface area contributed by atoms with E-state index in [2.05, 4.69) is 5.32 Å². The molecule has 1 aliphatic rings. The van der Waals surface area contributed by atoms with E-state index >= 15 is 0 Å². The summed E-state index contributed by atoms with van der Waals surface area (Å²) in [6.07, 6.45) is 3.29. The van der Waals surface area contributed by atoms with Crippen LogP contribution in [0.25, 0.3) is 6.08 Å². The quantitative estimate of drug-likeness (QED) is 0.681. The number of barbiturate groups is 1. The minimum atomic E-state index is -0.739. The maximum absolute atomic E-state index is 12.7. The molecule has 0 radical (unpaired) electrons. The van der Waals surface area contributed by atoms with Crippen LogP contribution in [0.3, 0.4) is 0 Å². The third kappa shape index (κ3) is 2.62. The Bertz CT molecular complexity index is 893. The predicted molar refractivity (Wildman–Crippen MR) is 90.3 cm³/mol. The summed E-state index contributed by atoms with van der Waals surface area (Å²) in [6.45, 7) is 3.85. The number of imide groups is 2. The molecule has 6 nitrogen and oxygen atoms in total. The fourth-order valence-electron chi connectivity index (χ4n) is 2.53. The van der Waals surface area contributed by atoms with Crippen molar-refractivity contribution < 1.29 is 14.4 Å². The highest BCUT2D eigenvalue weighted by Crippen LogP contribution is 2.24. The maximum Gasteiger partial charge on any atom is 0.335 e. The molecule has 1 N–H and O–H groups in total. The zero-order chi connectivity index (χ0) is 17.4. The monoisotopic (exact) mass is 323 g/mol. The summed E-state index contributed by atoms with van der Waals surface area (Å²) in [4.78, 5) is 38.0. The number of benzene rings is 1. The summed E-state index contributed by atoms with van der Waals surface area (Å²) in [6, 6.07) is 8.13. The normalized spacial score (nSPS) is 16.7. The molecule has 3 rings (SSSR count). The van der Waals surface area contributed by atoms with Crippen LogP contribution in [0.2, 0.25) is 0 Å². The van der Waals surface area contributed by atoms with Gasteiger partial charge in [-0.3, -0.25) is 14.9 Å². The number of carbonyl (C=O) groups is 3. The lowest BCUT2D eigenvalue weighted by Crippen LogP contribution is -2.54. The predicted octanol–water partition coefficient (Wildman–Crippen LogP) is 2.31. The number of hydrogen-bond donors (Lipinski definition) is 1. The Balaban J connectivity index is 2.04. The van der Waals surface area contributed by atoms with Gasteiger partial charge in [0.15, 0.2) is 0 Å². The van der Waals surface area contributed by atoms with Crippen LogP contribution in [0, 0.1) is 13.8 Å². The van der Waals surface area contributed by atoms with Crippen LogP contribution in [0.15, 0.2) is 42.1 Å². The van der Waals surface area contributed by atoms with Gasteiger partial charge in [-0.15, -0.1) is 0 Å². The first kappa shape index (κ1) is 15.7. The van der Waals surface area contributed by atoms with Gasteiger partial charge in [-0.1, -0.05) is 6.07 Å². The van der Waals surface area contributed by atoms with Gasteiger partial charge in [-0.25, -0.2) is 9.69 Å². The highest BCUT2D eigenvalue weighted by molar-refractivity contribution is 6.39. The van der Waals surface area contributed by atoms with Gasteiger partial charge in [0.25, 0.3) is 11.8 Å². The van der Waals surface area contributed by atoms with Crippen LogP contribution in [0.1, 0.15) is 16.8 Å². The van der Waals surface area contributed by atoms with Crippen molar-refractivity contribution in [1.29, 1.82) is 0 Å². The lowest BCUT2D eigenvalue weighted by atomic mass is 10.1. The van der Waals surface area contributed by atoms with E-state index in [1.807, 2.05) is 39.2 Å². The minimum Gasteiger partial charge on any atom is -0.351 e. The van der Waals surface area contributed by atoms with Gasteiger partial charge >= 0.3 is 6.03 Å². The average Bonchev–Trinajstić information content (AvgIpc) is 2.92. The highest BCUT2D eigenvalue weighted by atomic mass is 16.2. The molecule has 1 aromatic heterocycles. The molecule has 0 spiro atoms. The number of hydrogen-bond acceptors (Lipinski definition) is 3. The van der Waals surface area contributed by atoms with Gasteiger partial charge in [0.2, 0.25) is 0 Å². The van der Waals surface area contributed by atoms with Gasteiger partial charge < -0.3 is 4.57 Å². The van der Waals surface area contributed by atoms with Crippen molar-refractivity contribution >= 4 is 29.6 Å². The van der Waals surface area contributed by atoms with Gasteiger partial charge in [-0.2, -0.15) is 0 Å². The molecule has 2 heterocycles. The molecule has 0 bridgehead atoms. The molecule has 1 fully saturated rings. The van der Waals surface area contributed by atoms with Gasteiger partial charge in [-0.05, 0) is 55.3 Å². The van der Waals surface area contributed by atoms with Crippen molar-refractivity contribution in [2.75, 3.05) is 4.90 Å². The topological polar surface area (TPSA) is 71.4 Å². The average molecular weight is 323 g/mol. The summed E-state index contributed by atoms with van der Waals surface area (Å²) in [5, 5.41) is 2.22. The Morgan fingerprint density at radius 1 is 1.04 bits per heavy atom. The van der Waals surface area contributed by atoms with E-state index < -0.39 is 17.8 Å². The highest BCUT2D eigenvalue weighted by Gasteiger charge is 2.37. The van der Waals surface area contributed by atoms with Crippen LogP contribution in [-0.4, -0.2) is 22.4 Å². The summed E-state index contributed by atoms with van der Waals surface area (Å²) < 4.78 is 1.78. The summed E-state index contributed by atoms with van der Waals surface area (Å²) >= 11 is 0. The summed E-state index contributed by atoms with van der Waals surface area (Å²) in [5.41, 5.74) is 3.07. The van der Waals surface area contributed by atoms with Gasteiger partial charge in [0.05, 0.1) is 5.69 Å². The summed E-state index contributed by atoms with van der Waals surface area (Å²) in [5.74, 6) is -1.32. The Kier molecular flexibility index (Phi) is 3.81. The third-order valence-corrected chi connectivity index (χ3v) is 4.13. The number of rotatable bonds is 2. The number of urea groups is 1. The lowest BCUT2D eigenvalue weighted by Gasteiger charge is -2.26. The lowest BCUT2D eigenvalue weighted by molar-refractivity contribution is -0.122. The molecule has 0 saturated carbocycles. The fraction of sp³-hybridized carbons (Fsp3) is 0.167. The molecule has 1 aromatic carbocycles. The largest absolute Gasteiger partial charge is 0.351 e. The van der Waals surface area contributed by atoms with Crippen molar-refractivity contribution in [3.63, 3.8) is 0 Å². The van der Waals surface area contributed by atoms with E-state index in [-0.39, 0.29) is 5.57 Å². The first-order chi connectivity index (χ1) is 11.4. The van der Waals surface area contributed by atoms with Crippen LogP contribution in [-0.2, 0) is 16.6 Å². The number of aromatic nitrogens is 1. The smallest absolute Gasteiger partial charge is 0.335 e. The Hall–Kier alpha value is -3.15. The number of anilines is 1.